The quantitative estimate of drug-likeness (QED) is 0.587. The summed E-state index contributed by atoms with van der Waals surface area (Å²) in [6.07, 6.45) is 0.820. The van der Waals surface area contributed by atoms with Crippen molar-refractivity contribution in [3.63, 3.8) is 0 Å². The van der Waals surface area contributed by atoms with Crippen molar-refractivity contribution in [1.29, 1.82) is 0 Å². The van der Waals surface area contributed by atoms with Gasteiger partial charge in [0.05, 0.1) is 25.2 Å². The number of hydrogen-bond acceptors (Lipinski definition) is 8. The number of aromatic nitrogens is 1. The van der Waals surface area contributed by atoms with Crippen LogP contribution in [0.1, 0.15) is 0 Å². The van der Waals surface area contributed by atoms with E-state index in [1.54, 1.807) is 0 Å². The lowest BCUT2D eigenvalue weighted by Gasteiger charge is -2.12. The maximum atomic E-state index is 12.5. The van der Waals surface area contributed by atoms with Gasteiger partial charge in [-0.2, -0.15) is 0 Å². The zero-order valence-electron chi connectivity index (χ0n) is 12.6. The fourth-order valence-electron chi connectivity index (χ4n) is 1.80. The van der Waals surface area contributed by atoms with Gasteiger partial charge >= 0.3 is 0 Å². The molecule has 2 rings (SSSR count). The molecule has 0 spiro atoms. The van der Waals surface area contributed by atoms with Gasteiger partial charge in [0, 0.05) is 6.07 Å². The molecular weight excluding hydrogens is 342 g/mol. The number of rotatable bonds is 6. The molecule has 0 unspecified atom stereocenters. The van der Waals surface area contributed by atoms with Crippen LogP contribution in [0.3, 0.4) is 0 Å². The smallest absolute Gasteiger partial charge is 0.291 e. The van der Waals surface area contributed by atoms with Gasteiger partial charge in [-0.1, -0.05) is 0 Å². The Kier molecular flexibility index (Phi) is 4.74. The first-order valence-electron chi connectivity index (χ1n) is 6.36. The summed E-state index contributed by atoms with van der Waals surface area (Å²) in [4.78, 5) is 13.2. The van der Waals surface area contributed by atoms with E-state index in [-0.39, 0.29) is 16.4 Å². The highest BCUT2D eigenvalue weighted by atomic mass is 32.2. The Bertz CT molecular complexity index is 883. The summed E-state index contributed by atoms with van der Waals surface area (Å²) in [6, 6.07) is 4.92. The lowest BCUT2D eigenvalue weighted by molar-refractivity contribution is -0.385. The van der Waals surface area contributed by atoms with E-state index in [1.165, 1.54) is 32.4 Å². The molecule has 128 valence electrons. The van der Waals surface area contributed by atoms with Crippen LogP contribution in [0, 0.1) is 10.1 Å². The van der Waals surface area contributed by atoms with Crippen molar-refractivity contribution in [1.82, 2.24) is 4.98 Å². The lowest BCUT2D eigenvalue weighted by atomic mass is 10.3. The van der Waals surface area contributed by atoms with Crippen LogP contribution in [0.15, 0.2) is 35.4 Å². The van der Waals surface area contributed by atoms with Gasteiger partial charge in [0.25, 0.3) is 15.7 Å². The predicted molar refractivity (Wildman–Crippen MR) is 82.9 cm³/mol. The van der Waals surface area contributed by atoms with Gasteiger partial charge < -0.3 is 14.6 Å². The summed E-state index contributed by atoms with van der Waals surface area (Å²) in [5.74, 6) is -0.818. The van der Waals surface area contributed by atoms with Crippen LogP contribution in [-0.4, -0.2) is 37.7 Å². The third-order valence-electron chi connectivity index (χ3n) is 2.96. The second-order valence-corrected chi connectivity index (χ2v) is 6.09. The number of nitrogens with one attached hydrogen (secondary N) is 1. The average Bonchev–Trinajstić information content (AvgIpc) is 2.55. The van der Waals surface area contributed by atoms with E-state index in [1.807, 2.05) is 4.72 Å². The molecule has 0 aliphatic heterocycles. The SMILES string of the molecule is COc1ccc(OC)c(S(=O)(=O)Nc2ncc([N+](=O)[O-])cc2O)c1. The van der Waals surface area contributed by atoms with E-state index in [4.69, 9.17) is 9.47 Å². The molecule has 24 heavy (non-hydrogen) atoms. The number of aromatic hydroxyl groups is 1. The Hall–Kier alpha value is -3.08. The summed E-state index contributed by atoms with van der Waals surface area (Å²) in [5, 5.41) is 20.3. The number of sulfonamides is 1. The van der Waals surface area contributed by atoms with Crippen LogP contribution in [0.5, 0.6) is 17.2 Å². The number of methoxy groups -OCH3 is 2. The molecule has 1 aromatic heterocycles. The lowest BCUT2D eigenvalue weighted by Crippen LogP contribution is -2.15. The van der Waals surface area contributed by atoms with Crippen LogP contribution in [-0.2, 0) is 10.0 Å². The minimum Gasteiger partial charge on any atom is -0.504 e. The zero-order valence-corrected chi connectivity index (χ0v) is 13.4. The van der Waals surface area contributed by atoms with Crippen molar-refractivity contribution < 1.29 is 27.9 Å². The van der Waals surface area contributed by atoms with Gasteiger partial charge in [-0.15, -0.1) is 0 Å². The number of pyridine rings is 1. The van der Waals surface area contributed by atoms with E-state index in [0.717, 1.165) is 12.3 Å². The number of benzene rings is 1. The van der Waals surface area contributed by atoms with Gasteiger partial charge in [-0.25, -0.2) is 13.4 Å². The van der Waals surface area contributed by atoms with Crippen molar-refractivity contribution in [3.05, 3.63) is 40.6 Å². The number of nitro groups is 1. The molecule has 0 atom stereocenters. The Morgan fingerprint density at radius 2 is 1.96 bits per heavy atom. The molecular formula is C13H13N3O7S. The van der Waals surface area contributed by atoms with Crippen molar-refractivity contribution in [3.8, 4) is 17.2 Å². The van der Waals surface area contributed by atoms with Crippen LogP contribution in [0.2, 0.25) is 0 Å². The normalized spacial score (nSPS) is 10.9. The average molecular weight is 355 g/mol. The summed E-state index contributed by atoms with van der Waals surface area (Å²) < 4.78 is 37.0. The van der Waals surface area contributed by atoms with E-state index < -0.39 is 32.2 Å². The fourth-order valence-corrected chi connectivity index (χ4v) is 3.01. The molecule has 0 aliphatic carbocycles. The third-order valence-corrected chi connectivity index (χ3v) is 4.32. The molecule has 1 heterocycles. The molecule has 0 amide bonds. The van der Waals surface area contributed by atoms with Crippen LogP contribution < -0.4 is 14.2 Å². The Morgan fingerprint density at radius 3 is 2.50 bits per heavy atom. The molecule has 0 aliphatic rings. The summed E-state index contributed by atoms with van der Waals surface area (Å²) in [7, 11) is -1.53. The summed E-state index contributed by atoms with van der Waals surface area (Å²) in [6.45, 7) is 0. The topological polar surface area (TPSA) is 141 Å². The van der Waals surface area contributed by atoms with Gasteiger partial charge in [-0.05, 0) is 12.1 Å². The van der Waals surface area contributed by atoms with Gasteiger partial charge in [-0.3, -0.25) is 14.8 Å². The van der Waals surface area contributed by atoms with Gasteiger partial charge in [0.1, 0.15) is 22.6 Å². The standard InChI is InChI=1S/C13H13N3O7S/c1-22-9-3-4-11(23-2)12(6-9)24(20,21)15-13-10(17)5-8(7-14-13)16(18)19/h3-7,17H,1-2H3,(H,14,15). The van der Waals surface area contributed by atoms with Crippen LogP contribution >= 0.6 is 0 Å². The second-order valence-electron chi connectivity index (χ2n) is 4.44. The fraction of sp³-hybridized carbons (Fsp3) is 0.154. The molecule has 11 heteroatoms. The van der Waals surface area contributed by atoms with E-state index in [9.17, 15) is 23.6 Å². The Labute approximate surface area is 136 Å². The van der Waals surface area contributed by atoms with Crippen molar-refractivity contribution in [2.24, 2.45) is 0 Å². The maximum absolute atomic E-state index is 12.5. The zero-order chi connectivity index (χ0) is 17.9. The molecule has 1 aromatic carbocycles. The third kappa shape index (κ3) is 3.46. The number of hydrogen-bond donors (Lipinski definition) is 2. The van der Waals surface area contributed by atoms with E-state index >= 15 is 0 Å². The van der Waals surface area contributed by atoms with Crippen LogP contribution in [0.4, 0.5) is 11.5 Å². The molecule has 10 nitrogen and oxygen atoms in total. The first kappa shape index (κ1) is 17.3. The highest BCUT2D eigenvalue weighted by molar-refractivity contribution is 7.92. The van der Waals surface area contributed by atoms with Gasteiger partial charge in [0.2, 0.25) is 0 Å². The number of anilines is 1. The first-order chi connectivity index (χ1) is 11.3. The molecule has 2 N–H and O–H groups in total. The monoisotopic (exact) mass is 355 g/mol. The van der Waals surface area contributed by atoms with E-state index in [0.29, 0.717) is 0 Å². The minimum absolute atomic E-state index is 0.0460. The number of nitrogens with zero attached hydrogens (tertiary/aromatic N) is 2. The van der Waals surface area contributed by atoms with Crippen molar-refractivity contribution in [2.45, 2.75) is 4.90 Å². The minimum atomic E-state index is -4.19. The highest BCUT2D eigenvalue weighted by Crippen LogP contribution is 2.32. The molecule has 0 radical (unpaired) electrons. The summed E-state index contributed by atoms with van der Waals surface area (Å²) >= 11 is 0. The van der Waals surface area contributed by atoms with Crippen LogP contribution in [0.25, 0.3) is 0 Å². The predicted octanol–water partition coefficient (Wildman–Crippen LogP) is 1.51. The molecule has 0 fully saturated rings. The first-order valence-corrected chi connectivity index (χ1v) is 7.85. The molecule has 2 aromatic rings. The molecule has 0 bridgehead atoms. The Balaban J connectivity index is 2.44. The van der Waals surface area contributed by atoms with Gasteiger partial charge in [0.15, 0.2) is 11.6 Å². The van der Waals surface area contributed by atoms with E-state index in [2.05, 4.69) is 4.98 Å². The molecule has 0 saturated carbocycles. The van der Waals surface area contributed by atoms with Crippen molar-refractivity contribution in [2.75, 3.05) is 18.9 Å². The summed E-state index contributed by atoms with van der Waals surface area (Å²) in [5.41, 5.74) is -0.477. The largest absolute Gasteiger partial charge is 0.504 e. The molecule has 0 saturated heterocycles. The maximum Gasteiger partial charge on any atom is 0.291 e. The van der Waals surface area contributed by atoms with Crippen molar-refractivity contribution >= 4 is 21.5 Å². The highest BCUT2D eigenvalue weighted by Gasteiger charge is 2.23. The second kappa shape index (κ2) is 6.58. The number of ether oxygens (including phenoxy) is 2. The Morgan fingerprint density at radius 1 is 1.25 bits per heavy atom.